The predicted octanol–water partition coefficient (Wildman–Crippen LogP) is 2.08. The average Bonchev–Trinajstić information content (AvgIpc) is 2.73. The Morgan fingerprint density at radius 3 is 2.81 bits per heavy atom. The normalized spacial score (nSPS) is 13.0. The number of aromatic nitrogens is 2. The molecular formula is C13H18ClN3O3S. The minimum Gasteiger partial charge on any atom is -0.375 e. The van der Waals surface area contributed by atoms with E-state index in [1.54, 1.807) is 24.4 Å². The first-order valence-corrected chi connectivity index (χ1v) is 8.39. The van der Waals surface area contributed by atoms with Crippen LogP contribution in [-0.2, 0) is 14.8 Å². The quantitative estimate of drug-likeness (QED) is 0.879. The SMILES string of the molecule is CCOC(C)(C)CNS(=O)(=O)c1c(Cl)nc2ccccn12. The highest BCUT2D eigenvalue weighted by molar-refractivity contribution is 7.89. The van der Waals surface area contributed by atoms with E-state index in [1.807, 2.05) is 20.8 Å². The van der Waals surface area contributed by atoms with Gasteiger partial charge in [0, 0.05) is 19.3 Å². The molecule has 2 aromatic heterocycles. The van der Waals surface area contributed by atoms with E-state index in [0.717, 1.165) is 0 Å². The van der Waals surface area contributed by atoms with E-state index >= 15 is 0 Å². The van der Waals surface area contributed by atoms with Gasteiger partial charge in [0.2, 0.25) is 0 Å². The molecule has 116 valence electrons. The number of fused-ring (bicyclic) bond motifs is 1. The number of imidazole rings is 1. The fraction of sp³-hybridized carbons (Fsp3) is 0.462. The molecule has 0 fully saturated rings. The van der Waals surface area contributed by atoms with Gasteiger partial charge in [-0.3, -0.25) is 4.40 Å². The van der Waals surface area contributed by atoms with Crippen molar-refractivity contribution in [2.45, 2.75) is 31.4 Å². The number of sulfonamides is 1. The number of nitrogens with zero attached hydrogens (tertiary/aromatic N) is 2. The Bertz CT molecular complexity index is 740. The van der Waals surface area contributed by atoms with Crippen molar-refractivity contribution in [2.24, 2.45) is 0 Å². The van der Waals surface area contributed by atoms with Gasteiger partial charge in [-0.1, -0.05) is 17.7 Å². The second-order valence-corrected chi connectivity index (χ2v) is 7.19. The van der Waals surface area contributed by atoms with E-state index in [-0.39, 0.29) is 16.7 Å². The fourth-order valence-corrected chi connectivity index (χ4v) is 3.80. The Kier molecular flexibility index (Phi) is 4.57. The van der Waals surface area contributed by atoms with Crippen LogP contribution < -0.4 is 4.72 Å². The first-order chi connectivity index (χ1) is 9.77. The van der Waals surface area contributed by atoms with Crippen LogP contribution in [0.15, 0.2) is 29.4 Å². The van der Waals surface area contributed by atoms with Crippen molar-refractivity contribution in [3.63, 3.8) is 0 Å². The molecular weight excluding hydrogens is 314 g/mol. The third-order valence-corrected chi connectivity index (χ3v) is 4.72. The number of ether oxygens (including phenoxy) is 1. The van der Waals surface area contributed by atoms with Gasteiger partial charge in [0.15, 0.2) is 10.2 Å². The molecule has 0 saturated carbocycles. The van der Waals surface area contributed by atoms with Gasteiger partial charge >= 0.3 is 0 Å². The van der Waals surface area contributed by atoms with Crippen molar-refractivity contribution >= 4 is 27.3 Å². The van der Waals surface area contributed by atoms with Crippen LogP contribution in [0.25, 0.3) is 5.65 Å². The van der Waals surface area contributed by atoms with Crippen LogP contribution in [-0.4, -0.2) is 36.6 Å². The molecule has 0 unspecified atom stereocenters. The van der Waals surface area contributed by atoms with Crippen LogP contribution in [0.5, 0.6) is 0 Å². The monoisotopic (exact) mass is 331 g/mol. The van der Waals surface area contributed by atoms with E-state index in [4.69, 9.17) is 16.3 Å². The van der Waals surface area contributed by atoms with Gasteiger partial charge in [0.1, 0.15) is 5.65 Å². The van der Waals surface area contributed by atoms with Crippen molar-refractivity contribution in [3.8, 4) is 0 Å². The van der Waals surface area contributed by atoms with Crippen LogP contribution in [0.1, 0.15) is 20.8 Å². The van der Waals surface area contributed by atoms with Crippen LogP contribution in [0.3, 0.4) is 0 Å². The minimum absolute atomic E-state index is 0.0529. The van der Waals surface area contributed by atoms with Crippen LogP contribution in [0.2, 0.25) is 5.15 Å². The summed E-state index contributed by atoms with van der Waals surface area (Å²) in [6.45, 7) is 6.13. The van der Waals surface area contributed by atoms with Crippen molar-refractivity contribution in [1.82, 2.24) is 14.1 Å². The molecule has 8 heteroatoms. The van der Waals surface area contributed by atoms with Gasteiger partial charge in [-0.25, -0.2) is 18.1 Å². The standard InChI is InChI=1S/C13H18ClN3O3S/c1-4-20-13(2,3)9-15-21(18,19)12-11(14)16-10-7-5-6-8-17(10)12/h5-8,15H,4,9H2,1-3H3. The number of halogens is 1. The third-order valence-electron chi connectivity index (χ3n) is 2.92. The molecule has 2 heterocycles. The molecule has 0 aromatic carbocycles. The lowest BCUT2D eigenvalue weighted by atomic mass is 10.1. The van der Waals surface area contributed by atoms with Gasteiger partial charge in [0.05, 0.1) is 5.60 Å². The summed E-state index contributed by atoms with van der Waals surface area (Å²) >= 11 is 5.98. The highest BCUT2D eigenvalue weighted by Gasteiger charge is 2.27. The molecule has 0 aliphatic carbocycles. The number of pyridine rings is 1. The van der Waals surface area contributed by atoms with E-state index in [2.05, 4.69) is 9.71 Å². The minimum atomic E-state index is -3.79. The second-order valence-electron chi connectivity index (χ2n) is 5.15. The second kappa shape index (κ2) is 5.92. The molecule has 0 saturated heterocycles. The van der Waals surface area contributed by atoms with Gasteiger partial charge < -0.3 is 4.74 Å². The molecule has 0 amide bonds. The molecule has 1 N–H and O–H groups in total. The molecule has 0 bridgehead atoms. The highest BCUT2D eigenvalue weighted by atomic mass is 35.5. The van der Waals surface area contributed by atoms with Gasteiger partial charge in [-0.05, 0) is 32.9 Å². The lowest BCUT2D eigenvalue weighted by Crippen LogP contribution is -2.40. The summed E-state index contributed by atoms with van der Waals surface area (Å²) in [5.74, 6) is 0. The van der Waals surface area contributed by atoms with E-state index in [0.29, 0.717) is 12.3 Å². The number of hydrogen-bond acceptors (Lipinski definition) is 4. The average molecular weight is 332 g/mol. The Morgan fingerprint density at radius 2 is 2.14 bits per heavy atom. The lowest BCUT2D eigenvalue weighted by molar-refractivity contribution is -0.00516. The molecule has 0 spiro atoms. The van der Waals surface area contributed by atoms with Gasteiger partial charge in [0.25, 0.3) is 10.0 Å². The molecule has 2 rings (SSSR count). The molecule has 0 aliphatic rings. The molecule has 2 aromatic rings. The Labute approximate surface area is 129 Å². The highest BCUT2D eigenvalue weighted by Crippen LogP contribution is 2.22. The van der Waals surface area contributed by atoms with E-state index < -0.39 is 15.6 Å². The predicted molar refractivity (Wildman–Crippen MR) is 81.1 cm³/mol. The van der Waals surface area contributed by atoms with Gasteiger partial charge in [-0.15, -0.1) is 0 Å². The zero-order valence-corrected chi connectivity index (χ0v) is 13.7. The fourth-order valence-electron chi connectivity index (χ4n) is 1.96. The summed E-state index contributed by atoms with van der Waals surface area (Å²) in [6, 6.07) is 5.17. The van der Waals surface area contributed by atoms with Crippen molar-refractivity contribution in [2.75, 3.05) is 13.2 Å². The Balaban J connectivity index is 2.32. The summed E-state index contributed by atoms with van der Waals surface area (Å²) in [5.41, 5.74) is -0.124. The van der Waals surface area contributed by atoms with E-state index in [9.17, 15) is 8.42 Å². The van der Waals surface area contributed by atoms with Gasteiger partial charge in [-0.2, -0.15) is 0 Å². The zero-order chi connectivity index (χ0) is 15.7. The third kappa shape index (κ3) is 3.55. The maximum Gasteiger partial charge on any atom is 0.259 e. The van der Waals surface area contributed by atoms with Crippen molar-refractivity contribution < 1.29 is 13.2 Å². The first kappa shape index (κ1) is 16.2. The zero-order valence-electron chi connectivity index (χ0n) is 12.1. The molecule has 0 aliphatic heterocycles. The number of nitrogens with one attached hydrogen (secondary N) is 1. The summed E-state index contributed by atoms with van der Waals surface area (Å²) in [7, 11) is -3.79. The van der Waals surface area contributed by atoms with Crippen LogP contribution >= 0.6 is 11.6 Å². The summed E-state index contributed by atoms with van der Waals surface area (Å²) < 4.78 is 34.4. The van der Waals surface area contributed by atoms with Crippen molar-refractivity contribution in [3.05, 3.63) is 29.5 Å². The lowest BCUT2D eigenvalue weighted by Gasteiger charge is -2.24. The Hall–Kier alpha value is -1.15. The molecule has 0 radical (unpaired) electrons. The maximum absolute atomic E-state index is 12.5. The largest absolute Gasteiger partial charge is 0.375 e. The molecule has 21 heavy (non-hydrogen) atoms. The van der Waals surface area contributed by atoms with E-state index in [1.165, 1.54) is 4.40 Å². The van der Waals surface area contributed by atoms with Crippen LogP contribution in [0, 0.1) is 0 Å². The van der Waals surface area contributed by atoms with Crippen molar-refractivity contribution in [1.29, 1.82) is 0 Å². The summed E-state index contributed by atoms with van der Waals surface area (Å²) in [4.78, 5) is 4.04. The first-order valence-electron chi connectivity index (χ1n) is 6.53. The summed E-state index contributed by atoms with van der Waals surface area (Å²) in [5, 5.41) is -0.116. The number of hydrogen-bond donors (Lipinski definition) is 1. The molecule has 0 atom stereocenters. The number of rotatable bonds is 6. The Morgan fingerprint density at radius 1 is 1.43 bits per heavy atom. The maximum atomic E-state index is 12.5. The van der Waals surface area contributed by atoms with Crippen LogP contribution in [0.4, 0.5) is 0 Å². The topological polar surface area (TPSA) is 72.7 Å². The molecule has 6 nitrogen and oxygen atoms in total. The smallest absolute Gasteiger partial charge is 0.259 e. The summed E-state index contributed by atoms with van der Waals surface area (Å²) in [6.07, 6.45) is 1.61.